The highest BCUT2D eigenvalue weighted by Crippen LogP contribution is 2.37. The Morgan fingerprint density at radius 1 is 0.694 bits per heavy atom. The average molecular weight is 1350 g/mol. The summed E-state index contributed by atoms with van der Waals surface area (Å²) in [4.78, 5) is 68.6. The van der Waals surface area contributed by atoms with Gasteiger partial charge in [-0.2, -0.15) is 0 Å². The van der Waals surface area contributed by atoms with Gasteiger partial charge in [0.2, 0.25) is 17.7 Å². The zero-order chi connectivity index (χ0) is 69.4. The molecule has 3 saturated heterocycles. The fourth-order valence-corrected chi connectivity index (χ4v) is 13.8. The van der Waals surface area contributed by atoms with Crippen molar-refractivity contribution in [3.05, 3.63) is 136 Å². The Morgan fingerprint density at radius 2 is 1.31 bits per heavy atom. The van der Waals surface area contributed by atoms with Crippen molar-refractivity contribution in [2.75, 3.05) is 124 Å². The molecule has 4 heterocycles. The van der Waals surface area contributed by atoms with Crippen molar-refractivity contribution >= 4 is 29.5 Å². The summed E-state index contributed by atoms with van der Waals surface area (Å²) in [5.41, 5.74) is 8.79. The number of amides is 4. The Kier molecular flexibility index (Phi) is 28.8. The maximum atomic E-state index is 14.6. The number of carbonyl (C=O) groups is 4. The Morgan fingerprint density at radius 3 is 1.93 bits per heavy atom. The molecule has 4 fully saturated rings. The van der Waals surface area contributed by atoms with E-state index in [2.05, 4.69) is 50.5 Å². The molecule has 3 aliphatic heterocycles. The van der Waals surface area contributed by atoms with Crippen molar-refractivity contribution in [1.29, 1.82) is 0 Å². The van der Waals surface area contributed by atoms with Gasteiger partial charge in [-0.3, -0.25) is 19.3 Å². The second-order valence-corrected chi connectivity index (χ2v) is 27.6. The van der Waals surface area contributed by atoms with Crippen LogP contribution < -0.4 is 29.7 Å². The predicted molar refractivity (Wildman–Crippen MR) is 380 cm³/mol. The molecular formula is C78H109N7O13. The normalized spacial score (nSPS) is 17.5. The molecule has 1 saturated carbocycles. The van der Waals surface area contributed by atoms with Crippen molar-refractivity contribution in [2.45, 2.75) is 163 Å². The molecule has 534 valence electrons. The summed E-state index contributed by atoms with van der Waals surface area (Å²) in [5.74, 6) is 2.08. The Hall–Kier alpha value is -7.33. The zero-order valence-electron chi connectivity index (χ0n) is 59.8. The highest BCUT2D eigenvalue weighted by Gasteiger charge is 2.45. The molecule has 20 heteroatoms. The van der Waals surface area contributed by atoms with Crippen LogP contribution in [-0.4, -0.2) is 192 Å². The second-order valence-electron chi connectivity index (χ2n) is 27.6. The number of nitrogens with one attached hydrogen (secondary N) is 2. The number of hydrogen-bond acceptors (Lipinski definition) is 16. The van der Waals surface area contributed by atoms with Crippen molar-refractivity contribution in [3.63, 3.8) is 0 Å². The van der Waals surface area contributed by atoms with Crippen LogP contribution >= 0.6 is 0 Å². The average Bonchev–Trinajstić information content (AvgIpc) is 1.21. The molecule has 5 aromatic rings. The van der Waals surface area contributed by atoms with Crippen LogP contribution in [0.1, 0.15) is 136 Å². The van der Waals surface area contributed by atoms with Gasteiger partial charge in [0.15, 0.2) is 0 Å². The molecule has 4 aliphatic rings. The lowest BCUT2D eigenvalue weighted by atomic mass is 9.83. The minimum Gasteiger partial charge on any atom is -0.491 e. The number of pyridine rings is 1. The van der Waals surface area contributed by atoms with Gasteiger partial charge in [-0.25, -0.2) is 9.78 Å². The van der Waals surface area contributed by atoms with Crippen LogP contribution in [0.2, 0.25) is 0 Å². The third kappa shape index (κ3) is 22.1. The smallest absolute Gasteiger partial charge is 0.410 e. The van der Waals surface area contributed by atoms with E-state index < -0.39 is 23.8 Å². The van der Waals surface area contributed by atoms with E-state index in [-0.39, 0.29) is 36.2 Å². The summed E-state index contributed by atoms with van der Waals surface area (Å²) in [5, 5.41) is 6.38. The molecule has 1 aromatic heterocycles. The number of fused-ring (bicyclic) bond motifs is 1. The molecule has 0 spiro atoms. The molecule has 98 heavy (non-hydrogen) atoms. The van der Waals surface area contributed by atoms with Crippen LogP contribution in [0.5, 0.6) is 17.4 Å². The highest BCUT2D eigenvalue weighted by atomic mass is 16.6. The van der Waals surface area contributed by atoms with E-state index in [1.165, 1.54) is 10.5 Å². The van der Waals surface area contributed by atoms with E-state index in [1.54, 1.807) is 34.7 Å². The van der Waals surface area contributed by atoms with Crippen molar-refractivity contribution in [1.82, 2.24) is 30.3 Å². The molecule has 4 aromatic carbocycles. The number of piperidine rings is 1. The maximum Gasteiger partial charge on any atom is 0.410 e. The Bertz CT molecular complexity index is 3300. The SMILES string of the molecule is CCN(c1cc(-c2ccc(OCCOCCOCCOCCOCCOc3ccc(CCN4CCC5CCN(C(=O)[C@@H](NC(=O)[C@H](C)N(C)C(=O)OC(C)(C)C)C6CCCCC6)C5C4)cc3)cc2)cc(C(=O)NCc2c(C)cc(C)nc2OCc2ccccc2)c1C)C1CCOCC1. The third-order valence-electron chi connectivity index (χ3n) is 19.5. The summed E-state index contributed by atoms with van der Waals surface area (Å²) >= 11 is 0. The van der Waals surface area contributed by atoms with E-state index >= 15 is 0 Å². The van der Waals surface area contributed by atoms with Crippen molar-refractivity contribution < 1.29 is 61.8 Å². The van der Waals surface area contributed by atoms with Gasteiger partial charge in [-0.15, -0.1) is 0 Å². The van der Waals surface area contributed by atoms with Crippen molar-refractivity contribution in [3.8, 4) is 28.5 Å². The van der Waals surface area contributed by atoms with Crippen LogP contribution in [0.3, 0.4) is 0 Å². The van der Waals surface area contributed by atoms with Gasteiger partial charge < -0.3 is 68.0 Å². The molecule has 0 bridgehead atoms. The fourth-order valence-electron chi connectivity index (χ4n) is 13.8. The number of rotatable bonds is 35. The van der Waals surface area contributed by atoms with Crippen LogP contribution in [-0.2, 0) is 57.6 Å². The van der Waals surface area contributed by atoms with E-state index in [1.807, 2.05) is 99.6 Å². The molecule has 0 radical (unpaired) electrons. The number of nitrogens with zero attached hydrogens (tertiary/aromatic N) is 5. The number of likely N-dealkylation sites (tertiary alicyclic amines) is 2. The van der Waals surface area contributed by atoms with E-state index in [0.717, 1.165) is 147 Å². The van der Waals surface area contributed by atoms with Gasteiger partial charge in [0.1, 0.15) is 49.0 Å². The molecule has 1 aliphatic carbocycles. The molecule has 20 nitrogen and oxygen atoms in total. The lowest BCUT2D eigenvalue weighted by molar-refractivity contribution is -0.141. The minimum absolute atomic E-state index is 0.0202. The highest BCUT2D eigenvalue weighted by molar-refractivity contribution is 5.99. The number of carbonyl (C=O) groups excluding carboxylic acids is 4. The summed E-state index contributed by atoms with van der Waals surface area (Å²) in [7, 11) is 1.57. The monoisotopic (exact) mass is 1350 g/mol. The first-order chi connectivity index (χ1) is 47.4. The number of aryl methyl sites for hydroxylation is 2. The third-order valence-corrected chi connectivity index (χ3v) is 19.5. The van der Waals surface area contributed by atoms with Gasteiger partial charge in [0.05, 0.1) is 52.9 Å². The van der Waals surface area contributed by atoms with Gasteiger partial charge >= 0.3 is 6.09 Å². The first kappa shape index (κ1) is 74.9. The largest absolute Gasteiger partial charge is 0.491 e. The Balaban J connectivity index is 0.625. The lowest BCUT2D eigenvalue weighted by Gasteiger charge is -2.41. The molecule has 2 N–H and O–H groups in total. The molecule has 9 rings (SSSR count). The van der Waals surface area contributed by atoms with Gasteiger partial charge in [-0.1, -0.05) is 73.9 Å². The number of ether oxygens (including phenoxy) is 9. The summed E-state index contributed by atoms with van der Waals surface area (Å²) in [6.45, 7) is 25.9. The quantitative estimate of drug-likeness (QED) is 0.0362. The predicted octanol–water partition coefficient (Wildman–Crippen LogP) is 11.5. The second kappa shape index (κ2) is 37.7. The zero-order valence-corrected chi connectivity index (χ0v) is 59.8. The number of aromatic nitrogens is 1. The lowest BCUT2D eigenvalue weighted by Crippen LogP contribution is -2.59. The fraction of sp³-hybridized carbons (Fsp3) is 0.577. The topological polar surface area (TPSA) is 201 Å². The molecule has 4 atom stereocenters. The summed E-state index contributed by atoms with van der Waals surface area (Å²) in [6.07, 6.45) is 9.22. The van der Waals surface area contributed by atoms with Crippen LogP contribution in [0.4, 0.5) is 10.5 Å². The van der Waals surface area contributed by atoms with Gasteiger partial charge in [0, 0.05) is 87.6 Å². The molecular weight excluding hydrogens is 1240 g/mol. The van der Waals surface area contributed by atoms with Crippen LogP contribution in [0.25, 0.3) is 11.1 Å². The van der Waals surface area contributed by atoms with Gasteiger partial charge in [0.25, 0.3) is 5.91 Å². The number of anilines is 1. The first-order valence-electron chi connectivity index (χ1n) is 35.9. The summed E-state index contributed by atoms with van der Waals surface area (Å²) in [6, 6.07) is 31.5. The molecule has 2 unspecified atom stereocenters. The van der Waals surface area contributed by atoms with Crippen molar-refractivity contribution in [2.24, 2.45) is 11.8 Å². The van der Waals surface area contributed by atoms with E-state index in [9.17, 15) is 19.2 Å². The van der Waals surface area contributed by atoms with E-state index in [0.29, 0.717) is 116 Å². The number of benzene rings is 4. The first-order valence-corrected chi connectivity index (χ1v) is 35.9. The number of hydrogen-bond donors (Lipinski definition) is 2. The Labute approximate surface area is 582 Å². The number of likely N-dealkylation sites (N-methyl/N-ethyl adjacent to an activating group) is 1. The summed E-state index contributed by atoms with van der Waals surface area (Å²) < 4.78 is 52.6. The van der Waals surface area contributed by atoms with Gasteiger partial charge in [-0.05, 0) is 195 Å². The van der Waals surface area contributed by atoms with E-state index in [4.69, 9.17) is 47.6 Å². The standard InChI is InChI=1S/C78H109N7O13/c1-10-84(65-32-37-90-38-33-65)70-51-64(50-68(57(70)4)74(87)79-52-69-55(2)49-56(3)80-75(69)97-54-60-17-13-11-14-18-60)61-23-27-67(28-24-61)96-48-46-94-44-42-92-40-39-91-41-43-93-45-47-95-66-25-21-59(22-26-66)29-34-83-35-30-62-31-36-85(71(62)53-83)76(88)72(63-19-15-12-16-20-63)81-73(86)58(5)82(9)77(89)98-78(6,7)8/h11,13-14,17-18,21-28,49-51,58,62-63,65,71-72H,10,12,15-16,19-20,29-48,52-54H2,1-9H3,(H,79,87)(H,81,86)/t58-,62?,71?,72-/m0/s1. The maximum absolute atomic E-state index is 14.6. The minimum atomic E-state index is -0.794. The van der Waals surface area contributed by atoms with Crippen LogP contribution in [0, 0.1) is 32.6 Å². The molecule has 4 amide bonds. The van der Waals surface area contributed by atoms with Crippen LogP contribution in [0.15, 0.2) is 97.1 Å².